The predicted molar refractivity (Wildman–Crippen MR) is 128 cm³/mol. The summed E-state index contributed by atoms with van der Waals surface area (Å²) >= 11 is 5.96. The largest absolute Gasteiger partial charge is 0.507 e. The molecule has 0 radical (unpaired) electrons. The van der Waals surface area contributed by atoms with Crippen molar-refractivity contribution in [2.24, 2.45) is 0 Å². The van der Waals surface area contributed by atoms with E-state index in [2.05, 4.69) is 0 Å². The summed E-state index contributed by atoms with van der Waals surface area (Å²) in [5, 5.41) is 11.8. The number of fused-ring (bicyclic) bond motifs is 1. The van der Waals surface area contributed by atoms with E-state index in [4.69, 9.17) is 21.1 Å². The highest BCUT2D eigenvalue weighted by Gasteiger charge is 2.45. The van der Waals surface area contributed by atoms with Crippen molar-refractivity contribution in [3.8, 4) is 11.5 Å². The second-order valence-corrected chi connectivity index (χ2v) is 8.72. The molecule has 0 aliphatic carbocycles. The van der Waals surface area contributed by atoms with Gasteiger partial charge in [0, 0.05) is 17.1 Å². The number of hydrogen-bond donors (Lipinski definition) is 1. The van der Waals surface area contributed by atoms with Gasteiger partial charge in [-0.1, -0.05) is 35.9 Å². The lowest BCUT2D eigenvalue weighted by atomic mass is 9.95. The van der Waals surface area contributed by atoms with Crippen molar-refractivity contribution in [2.75, 3.05) is 19.8 Å². The van der Waals surface area contributed by atoms with Crippen LogP contribution in [0.4, 0.5) is 4.39 Å². The van der Waals surface area contributed by atoms with Crippen molar-refractivity contribution < 1.29 is 28.6 Å². The van der Waals surface area contributed by atoms with Crippen LogP contribution < -0.4 is 9.47 Å². The van der Waals surface area contributed by atoms with Crippen molar-refractivity contribution in [2.45, 2.75) is 12.5 Å². The normalized spacial score (nSPS) is 18.7. The highest BCUT2D eigenvalue weighted by Crippen LogP contribution is 2.41. The minimum Gasteiger partial charge on any atom is -0.507 e. The number of aliphatic hydroxyl groups is 1. The standard InChI is InChI=1S/C27H21ClFNO5/c28-19-6-1-16(2-7-19)11-12-30-24(17-3-8-20(29)9-4-17)23(26(32)27(30)33)25(31)18-5-10-21-22(15-18)35-14-13-34-21/h1-10,15,24,31H,11-14H2/b25-23-. The highest BCUT2D eigenvalue weighted by atomic mass is 35.5. The van der Waals surface area contributed by atoms with Gasteiger partial charge in [-0.2, -0.15) is 0 Å². The zero-order valence-corrected chi connectivity index (χ0v) is 19.3. The molecular formula is C27H21ClFNO5. The summed E-state index contributed by atoms with van der Waals surface area (Å²) in [7, 11) is 0. The summed E-state index contributed by atoms with van der Waals surface area (Å²) in [5.74, 6) is -1.33. The molecule has 1 unspecified atom stereocenters. The Bertz CT molecular complexity index is 1320. The van der Waals surface area contributed by atoms with E-state index in [0.29, 0.717) is 47.3 Å². The van der Waals surface area contributed by atoms with Crippen LogP contribution in [0.1, 0.15) is 22.7 Å². The molecular weight excluding hydrogens is 473 g/mol. The molecule has 1 fully saturated rings. The first-order valence-electron chi connectivity index (χ1n) is 11.1. The number of nitrogens with zero attached hydrogens (tertiary/aromatic N) is 1. The van der Waals surface area contributed by atoms with E-state index in [1.807, 2.05) is 12.1 Å². The Morgan fingerprint density at radius 1 is 0.971 bits per heavy atom. The molecule has 1 N–H and O–H groups in total. The second-order valence-electron chi connectivity index (χ2n) is 8.28. The number of hydrogen-bond acceptors (Lipinski definition) is 5. The molecule has 1 saturated heterocycles. The lowest BCUT2D eigenvalue weighted by Gasteiger charge is -2.25. The van der Waals surface area contributed by atoms with Crippen LogP contribution in [0, 0.1) is 5.82 Å². The fourth-order valence-corrected chi connectivity index (χ4v) is 4.48. The van der Waals surface area contributed by atoms with Crippen molar-refractivity contribution in [3.05, 3.63) is 99.8 Å². The van der Waals surface area contributed by atoms with Crippen LogP contribution in [0.3, 0.4) is 0 Å². The molecule has 0 spiro atoms. The number of rotatable bonds is 5. The number of Topliss-reactive ketones (excluding diaryl/α,β-unsaturated/α-hetero) is 1. The summed E-state index contributed by atoms with van der Waals surface area (Å²) in [6.45, 7) is 0.996. The molecule has 2 aliphatic rings. The van der Waals surface area contributed by atoms with Gasteiger partial charge < -0.3 is 19.5 Å². The van der Waals surface area contributed by atoms with Crippen molar-refractivity contribution in [3.63, 3.8) is 0 Å². The number of carbonyl (C=O) groups is 2. The molecule has 1 amide bonds. The van der Waals surface area contributed by atoms with Crippen molar-refractivity contribution in [1.82, 2.24) is 4.90 Å². The quantitative estimate of drug-likeness (QED) is 0.310. The van der Waals surface area contributed by atoms with E-state index in [1.54, 1.807) is 30.3 Å². The summed E-state index contributed by atoms with van der Waals surface area (Å²) in [6, 6.07) is 16.7. The zero-order valence-electron chi connectivity index (χ0n) is 18.5. The smallest absolute Gasteiger partial charge is 0.295 e. The number of ether oxygens (including phenoxy) is 2. The molecule has 0 aromatic heterocycles. The summed E-state index contributed by atoms with van der Waals surface area (Å²) < 4.78 is 24.8. The van der Waals surface area contributed by atoms with Gasteiger partial charge in [-0.3, -0.25) is 9.59 Å². The second kappa shape index (κ2) is 9.43. The molecule has 8 heteroatoms. The molecule has 178 valence electrons. The Labute approximate surface area is 206 Å². The Morgan fingerprint density at radius 3 is 2.37 bits per heavy atom. The van der Waals surface area contributed by atoms with Crippen LogP contribution in [0.2, 0.25) is 5.02 Å². The van der Waals surface area contributed by atoms with Crippen LogP contribution in [-0.4, -0.2) is 41.5 Å². The fourth-order valence-electron chi connectivity index (χ4n) is 4.35. The van der Waals surface area contributed by atoms with Gasteiger partial charge in [-0.15, -0.1) is 0 Å². The Balaban J connectivity index is 1.55. The van der Waals surface area contributed by atoms with E-state index in [9.17, 15) is 19.1 Å². The van der Waals surface area contributed by atoms with E-state index in [-0.39, 0.29) is 17.9 Å². The Morgan fingerprint density at radius 2 is 1.66 bits per heavy atom. The number of halogens is 2. The molecule has 5 rings (SSSR count). The van der Waals surface area contributed by atoms with Crippen LogP contribution >= 0.6 is 11.6 Å². The summed E-state index contributed by atoms with van der Waals surface area (Å²) in [5.41, 5.74) is 1.70. The Hall–Kier alpha value is -3.84. The zero-order chi connectivity index (χ0) is 24.5. The number of benzene rings is 3. The van der Waals surface area contributed by atoms with E-state index >= 15 is 0 Å². The molecule has 35 heavy (non-hydrogen) atoms. The minimum absolute atomic E-state index is 0.0607. The highest BCUT2D eigenvalue weighted by molar-refractivity contribution is 6.46. The molecule has 0 saturated carbocycles. The first kappa shape index (κ1) is 22.9. The topological polar surface area (TPSA) is 76.1 Å². The van der Waals surface area contributed by atoms with Crippen LogP contribution in [0.15, 0.2) is 72.3 Å². The van der Waals surface area contributed by atoms with E-state index in [0.717, 1.165) is 5.56 Å². The molecule has 1 atom stereocenters. The van der Waals surface area contributed by atoms with Crippen LogP contribution in [0.5, 0.6) is 11.5 Å². The maximum atomic E-state index is 13.7. The first-order chi connectivity index (χ1) is 16.9. The minimum atomic E-state index is -0.879. The van der Waals surface area contributed by atoms with Gasteiger partial charge in [0.15, 0.2) is 11.5 Å². The SMILES string of the molecule is O=C1C(=O)N(CCc2ccc(Cl)cc2)C(c2ccc(F)cc2)/C1=C(/O)c1ccc2c(c1)OCCO2. The van der Waals surface area contributed by atoms with Crippen LogP contribution in [-0.2, 0) is 16.0 Å². The first-order valence-corrected chi connectivity index (χ1v) is 11.5. The number of carbonyl (C=O) groups excluding carboxylic acids is 2. The summed E-state index contributed by atoms with van der Waals surface area (Å²) in [4.78, 5) is 27.7. The molecule has 6 nitrogen and oxygen atoms in total. The maximum Gasteiger partial charge on any atom is 0.295 e. The molecule has 2 heterocycles. The number of amides is 1. The maximum absolute atomic E-state index is 13.7. The molecule has 3 aromatic rings. The third-order valence-electron chi connectivity index (χ3n) is 6.10. The third kappa shape index (κ3) is 4.47. The Kier molecular flexibility index (Phi) is 6.17. The number of aliphatic hydroxyl groups excluding tert-OH is 1. The van der Waals surface area contributed by atoms with Gasteiger partial charge in [-0.05, 0) is 60.0 Å². The van der Waals surface area contributed by atoms with Gasteiger partial charge in [0.05, 0.1) is 11.6 Å². The van der Waals surface area contributed by atoms with Gasteiger partial charge in [0.1, 0.15) is 24.8 Å². The van der Waals surface area contributed by atoms with Gasteiger partial charge >= 0.3 is 0 Å². The average molecular weight is 494 g/mol. The molecule has 2 aliphatic heterocycles. The van der Waals surface area contributed by atoms with E-state index in [1.165, 1.54) is 29.2 Å². The lowest BCUT2D eigenvalue weighted by molar-refractivity contribution is -0.139. The van der Waals surface area contributed by atoms with Gasteiger partial charge in [0.25, 0.3) is 11.7 Å². The summed E-state index contributed by atoms with van der Waals surface area (Å²) in [6.07, 6.45) is 0.464. The third-order valence-corrected chi connectivity index (χ3v) is 6.35. The molecule has 0 bridgehead atoms. The monoisotopic (exact) mass is 493 g/mol. The average Bonchev–Trinajstić information content (AvgIpc) is 3.13. The lowest BCUT2D eigenvalue weighted by Crippen LogP contribution is -2.31. The van der Waals surface area contributed by atoms with Gasteiger partial charge in [-0.25, -0.2) is 4.39 Å². The predicted octanol–water partition coefficient (Wildman–Crippen LogP) is 4.91. The number of likely N-dealkylation sites (tertiary alicyclic amines) is 1. The fraction of sp³-hybridized carbons (Fsp3) is 0.185. The van der Waals surface area contributed by atoms with Gasteiger partial charge in [0.2, 0.25) is 0 Å². The van der Waals surface area contributed by atoms with Crippen LogP contribution in [0.25, 0.3) is 5.76 Å². The number of ketones is 1. The van der Waals surface area contributed by atoms with Crippen molar-refractivity contribution >= 4 is 29.1 Å². The van der Waals surface area contributed by atoms with Crippen molar-refractivity contribution in [1.29, 1.82) is 0 Å². The molecule has 3 aromatic carbocycles. The van der Waals surface area contributed by atoms with E-state index < -0.39 is 23.5 Å².